The predicted molar refractivity (Wildman–Crippen MR) is 341 cm³/mol. The van der Waals surface area contributed by atoms with Gasteiger partial charge in [0.25, 0.3) is 0 Å². The molecule has 0 spiro atoms. The van der Waals surface area contributed by atoms with Crippen LogP contribution < -0.4 is 16.4 Å². The number of rotatable bonds is 12. The van der Waals surface area contributed by atoms with E-state index in [2.05, 4.69) is 218 Å². The SMILES string of the molecule is [B]c1c(-c2ccccc2-c2ccc(-c3ccc(-c4ccccc4)cc3)nc2)c([B])c(-c2ccccc2-c2ccc(-c3ccc(-c4ccccc4)cc3)nc2)c([B])c1-c1ccccc1-c1ccc(-c2ccc(-c3ccccc3)cc2)nc1. The molecule has 13 aromatic rings. The molecule has 3 nitrogen and oxygen atoms in total. The normalized spacial score (nSPS) is 11.1. The van der Waals surface area contributed by atoms with Gasteiger partial charge in [-0.2, -0.15) is 0 Å². The molecule has 0 saturated heterocycles. The van der Waals surface area contributed by atoms with Crippen molar-refractivity contribution in [2.75, 3.05) is 0 Å². The van der Waals surface area contributed by atoms with E-state index in [4.69, 9.17) is 38.5 Å². The van der Waals surface area contributed by atoms with Gasteiger partial charge in [-0.15, -0.1) is 0 Å². The quantitative estimate of drug-likeness (QED) is 0.114. The Bertz CT molecular complexity index is 3870. The smallest absolute Gasteiger partial charge is 0.115 e. The number of aromatic nitrogens is 3. The standard InChI is InChI=1S/C75H48B3N3/c76-73-70(64-25-13-10-22-61(64)58-40-43-67(79-46-58)55-34-28-52(29-35-55)49-16-4-1-5-17-49)74(77)72(66-27-15-12-24-63(66)60-42-45-69(81-48-60)57-38-32-54(33-39-57)51-20-8-3-9-21-51)75(78)71(73)65-26-14-11-23-62(65)59-41-44-68(80-47-59)56-36-30-53(31-37-56)50-18-6-2-7-19-50/h1-48H. The fourth-order valence-electron chi connectivity index (χ4n) is 11.1. The first kappa shape index (κ1) is 50.4. The molecule has 0 aliphatic rings. The van der Waals surface area contributed by atoms with Crippen molar-refractivity contribution >= 4 is 39.9 Å². The van der Waals surface area contributed by atoms with Crippen LogP contribution >= 0.6 is 0 Å². The Morgan fingerprint density at radius 2 is 0.370 bits per heavy atom. The summed E-state index contributed by atoms with van der Waals surface area (Å²) in [5.41, 5.74) is 24.1. The van der Waals surface area contributed by atoms with Crippen molar-refractivity contribution in [3.05, 3.63) is 292 Å². The molecule has 3 heterocycles. The molecule has 3 aromatic heterocycles. The highest BCUT2D eigenvalue weighted by Crippen LogP contribution is 2.40. The van der Waals surface area contributed by atoms with Crippen molar-refractivity contribution in [1.82, 2.24) is 15.0 Å². The fraction of sp³-hybridized carbons (Fsp3) is 0. The van der Waals surface area contributed by atoms with Crippen LogP contribution in [-0.4, -0.2) is 38.5 Å². The number of pyridine rings is 3. The zero-order valence-electron chi connectivity index (χ0n) is 44.3. The summed E-state index contributed by atoms with van der Waals surface area (Å²) in [4.78, 5) is 15.1. The van der Waals surface area contributed by atoms with E-state index in [-0.39, 0.29) is 0 Å². The fourth-order valence-corrected chi connectivity index (χ4v) is 11.1. The first-order valence-electron chi connectivity index (χ1n) is 27.1. The van der Waals surface area contributed by atoms with Gasteiger partial charge in [-0.3, -0.25) is 15.0 Å². The minimum absolute atomic E-state index is 0.460. The average molecular weight is 1020 g/mol. The van der Waals surface area contributed by atoms with Crippen LogP contribution in [0.1, 0.15) is 0 Å². The lowest BCUT2D eigenvalue weighted by molar-refractivity contribution is 1.32. The molecule has 6 heteroatoms. The van der Waals surface area contributed by atoms with Gasteiger partial charge in [-0.25, -0.2) is 0 Å². The Morgan fingerprint density at radius 3 is 0.605 bits per heavy atom. The topological polar surface area (TPSA) is 38.7 Å². The van der Waals surface area contributed by atoms with E-state index in [1.165, 1.54) is 16.7 Å². The number of hydrogen-bond acceptors (Lipinski definition) is 3. The molecular formula is C75H48B3N3. The van der Waals surface area contributed by atoms with Crippen LogP contribution in [0.3, 0.4) is 0 Å². The third-order valence-corrected chi connectivity index (χ3v) is 15.3. The minimum atomic E-state index is 0.460. The van der Waals surface area contributed by atoms with Crippen LogP contribution in [0.25, 0.3) is 134 Å². The highest BCUT2D eigenvalue weighted by Gasteiger charge is 2.25. The summed E-state index contributed by atoms with van der Waals surface area (Å²) in [6.07, 6.45) is 5.79. The van der Waals surface area contributed by atoms with Gasteiger partial charge in [0, 0.05) is 52.0 Å². The Balaban J connectivity index is 0.920. The monoisotopic (exact) mass is 1020 g/mol. The number of hydrogen-bond donors (Lipinski definition) is 0. The van der Waals surface area contributed by atoms with Gasteiger partial charge >= 0.3 is 0 Å². The maximum atomic E-state index is 7.66. The van der Waals surface area contributed by atoms with Crippen molar-refractivity contribution < 1.29 is 0 Å². The second-order valence-corrected chi connectivity index (χ2v) is 20.1. The summed E-state index contributed by atoms with van der Waals surface area (Å²) in [6, 6.07) is 94.0. The molecule has 81 heavy (non-hydrogen) atoms. The Hall–Kier alpha value is -10.2. The van der Waals surface area contributed by atoms with Crippen molar-refractivity contribution in [3.8, 4) is 134 Å². The lowest BCUT2D eigenvalue weighted by Crippen LogP contribution is -2.33. The predicted octanol–water partition coefficient (Wildman–Crippen LogP) is 16.3. The summed E-state index contributed by atoms with van der Waals surface area (Å²) < 4.78 is 0. The molecule has 13 rings (SSSR count). The van der Waals surface area contributed by atoms with Gasteiger partial charge in [-0.1, -0.05) is 271 Å². The molecule has 0 aliphatic carbocycles. The third kappa shape index (κ3) is 10.1. The molecule has 0 unspecified atom stereocenters. The largest absolute Gasteiger partial charge is 0.256 e. The van der Waals surface area contributed by atoms with E-state index in [9.17, 15) is 0 Å². The number of nitrogens with zero attached hydrogens (tertiary/aromatic N) is 3. The van der Waals surface area contributed by atoms with E-state index >= 15 is 0 Å². The van der Waals surface area contributed by atoms with Crippen LogP contribution in [0.4, 0.5) is 0 Å². The van der Waals surface area contributed by atoms with Crippen LogP contribution in [0.15, 0.2) is 292 Å². The van der Waals surface area contributed by atoms with Gasteiger partial charge in [0.15, 0.2) is 0 Å². The van der Waals surface area contributed by atoms with E-state index in [1.54, 1.807) is 0 Å². The Labute approximate surface area is 477 Å². The lowest BCUT2D eigenvalue weighted by Gasteiger charge is -2.27. The summed E-state index contributed by atoms with van der Waals surface area (Å²) in [5, 5.41) is 0. The van der Waals surface area contributed by atoms with Crippen LogP contribution in [-0.2, 0) is 0 Å². The van der Waals surface area contributed by atoms with Gasteiger partial charge < -0.3 is 0 Å². The second-order valence-electron chi connectivity index (χ2n) is 20.1. The van der Waals surface area contributed by atoms with Gasteiger partial charge in [0.1, 0.15) is 23.5 Å². The van der Waals surface area contributed by atoms with Crippen molar-refractivity contribution in [1.29, 1.82) is 0 Å². The van der Waals surface area contributed by atoms with Crippen molar-refractivity contribution in [2.45, 2.75) is 0 Å². The Kier molecular flexibility index (Phi) is 13.9. The maximum Gasteiger partial charge on any atom is 0.115 e. The van der Waals surface area contributed by atoms with Crippen LogP contribution in [0, 0.1) is 0 Å². The molecular weight excluding hydrogens is 975 g/mol. The molecule has 372 valence electrons. The molecule has 0 fully saturated rings. The highest BCUT2D eigenvalue weighted by atomic mass is 14.7. The molecule has 0 amide bonds. The molecule has 0 N–H and O–H groups in total. The third-order valence-electron chi connectivity index (χ3n) is 15.3. The molecule has 6 radical (unpaired) electrons. The first-order chi connectivity index (χ1) is 39.9. The second kappa shape index (κ2) is 22.3. The molecule has 0 aliphatic heterocycles. The van der Waals surface area contributed by atoms with Crippen molar-refractivity contribution in [3.63, 3.8) is 0 Å². The minimum Gasteiger partial charge on any atom is -0.256 e. The van der Waals surface area contributed by atoms with E-state index in [1.807, 2.05) is 73.2 Å². The average Bonchev–Trinajstić information content (AvgIpc) is 3.72. The zero-order valence-corrected chi connectivity index (χ0v) is 44.3. The van der Waals surface area contributed by atoms with Crippen molar-refractivity contribution in [2.24, 2.45) is 0 Å². The maximum absolute atomic E-state index is 7.66. The lowest BCUT2D eigenvalue weighted by atomic mass is 9.64. The van der Waals surface area contributed by atoms with Gasteiger partial charge in [-0.05, 0) is 102 Å². The molecule has 0 saturated carbocycles. The molecule has 10 aromatic carbocycles. The number of benzene rings is 10. The zero-order chi connectivity index (χ0) is 54.7. The van der Waals surface area contributed by atoms with Crippen LogP contribution in [0.5, 0.6) is 0 Å². The summed E-state index contributed by atoms with van der Waals surface area (Å²) >= 11 is 0. The first-order valence-corrected chi connectivity index (χ1v) is 27.1. The summed E-state index contributed by atoms with van der Waals surface area (Å²) in [7, 11) is 23.0. The van der Waals surface area contributed by atoms with E-state index in [0.29, 0.717) is 33.1 Å². The van der Waals surface area contributed by atoms with E-state index < -0.39 is 0 Å². The Morgan fingerprint density at radius 1 is 0.173 bits per heavy atom. The van der Waals surface area contributed by atoms with Crippen LogP contribution in [0.2, 0.25) is 0 Å². The van der Waals surface area contributed by atoms with E-state index in [0.717, 1.165) is 101 Å². The summed E-state index contributed by atoms with van der Waals surface area (Å²) in [5.74, 6) is 0. The molecule has 0 bridgehead atoms. The van der Waals surface area contributed by atoms with Gasteiger partial charge in [0.05, 0.1) is 17.1 Å². The molecule has 0 atom stereocenters. The van der Waals surface area contributed by atoms with Gasteiger partial charge in [0.2, 0.25) is 0 Å². The highest BCUT2D eigenvalue weighted by molar-refractivity contribution is 6.56. The summed E-state index contributed by atoms with van der Waals surface area (Å²) in [6.45, 7) is 0.